The van der Waals surface area contributed by atoms with Gasteiger partial charge in [0.05, 0.1) is 0 Å². The van der Waals surface area contributed by atoms with Crippen LogP contribution in [-0.2, 0) is 4.79 Å². The molecular formula is C24H26N2O2. The molecule has 1 saturated heterocycles. The first-order valence-corrected chi connectivity index (χ1v) is 9.83. The van der Waals surface area contributed by atoms with Gasteiger partial charge in [0.2, 0.25) is 0 Å². The van der Waals surface area contributed by atoms with E-state index in [0.29, 0.717) is 0 Å². The van der Waals surface area contributed by atoms with Crippen molar-refractivity contribution in [2.75, 3.05) is 37.7 Å². The lowest BCUT2D eigenvalue weighted by atomic mass is 10.1. The smallest absolute Gasteiger partial charge is 0.260 e. The number of piperazine rings is 1. The number of carbonyl (C=O) groups is 1. The van der Waals surface area contributed by atoms with E-state index < -0.39 is 0 Å². The molecule has 3 aromatic rings. The number of nitrogens with zero attached hydrogens (tertiary/aromatic N) is 2. The molecule has 0 unspecified atom stereocenters. The molecule has 28 heavy (non-hydrogen) atoms. The average Bonchev–Trinajstić information content (AvgIpc) is 2.74. The Morgan fingerprint density at radius 3 is 2.43 bits per heavy atom. The van der Waals surface area contributed by atoms with Gasteiger partial charge < -0.3 is 14.5 Å². The Bertz CT molecular complexity index is 986. The minimum absolute atomic E-state index is 0.0496. The minimum atomic E-state index is 0.0496. The maximum absolute atomic E-state index is 12.7. The third-order valence-electron chi connectivity index (χ3n) is 5.65. The van der Waals surface area contributed by atoms with Gasteiger partial charge in [0, 0.05) is 37.3 Å². The van der Waals surface area contributed by atoms with Gasteiger partial charge in [-0.25, -0.2) is 0 Å². The van der Waals surface area contributed by atoms with Crippen molar-refractivity contribution in [2.45, 2.75) is 13.8 Å². The van der Waals surface area contributed by atoms with E-state index in [2.05, 4.69) is 49.1 Å². The average molecular weight is 374 g/mol. The van der Waals surface area contributed by atoms with Crippen LogP contribution in [0.3, 0.4) is 0 Å². The molecule has 4 heteroatoms. The molecule has 3 aromatic carbocycles. The summed E-state index contributed by atoms with van der Waals surface area (Å²) in [5.74, 6) is 0.814. The second-order valence-corrected chi connectivity index (χ2v) is 7.35. The number of benzene rings is 3. The molecule has 1 amide bonds. The van der Waals surface area contributed by atoms with E-state index in [9.17, 15) is 4.79 Å². The van der Waals surface area contributed by atoms with Gasteiger partial charge in [0.25, 0.3) is 5.91 Å². The van der Waals surface area contributed by atoms with Gasteiger partial charge in [-0.3, -0.25) is 4.79 Å². The zero-order chi connectivity index (χ0) is 19.5. The third-order valence-corrected chi connectivity index (χ3v) is 5.65. The number of rotatable bonds is 4. The molecule has 0 atom stereocenters. The van der Waals surface area contributed by atoms with Crippen LogP contribution in [0.5, 0.6) is 5.75 Å². The Hall–Kier alpha value is -3.01. The molecule has 0 radical (unpaired) electrons. The molecule has 1 fully saturated rings. The first-order valence-electron chi connectivity index (χ1n) is 9.83. The summed E-state index contributed by atoms with van der Waals surface area (Å²) in [5.41, 5.74) is 3.90. The van der Waals surface area contributed by atoms with E-state index in [0.717, 1.165) is 42.7 Å². The van der Waals surface area contributed by atoms with Gasteiger partial charge in [-0.1, -0.05) is 48.5 Å². The van der Waals surface area contributed by atoms with Crippen LogP contribution < -0.4 is 9.64 Å². The van der Waals surface area contributed by atoms with Gasteiger partial charge >= 0.3 is 0 Å². The molecular weight excluding hydrogens is 348 g/mol. The van der Waals surface area contributed by atoms with Crippen LogP contribution >= 0.6 is 0 Å². The highest BCUT2D eigenvalue weighted by Gasteiger charge is 2.22. The summed E-state index contributed by atoms with van der Waals surface area (Å²) in [4.78, 5) is 16.9. The molecule has 1 aliphatic rings. The fraction of sp³-hybridized carbons (Fsp3) is 0.292. The Morgan fingerprint density at radius 1 is 0.893 bits per heavy atom. The number of fused-ring (bicyclic) bond motifs is 1. The summed E-state index contributed by atoms with van der Waals surface area (Å²) in [6.45, 7) is 7.55. The normalized spacial score (nSPS) is 14.4. The molecule has 4 rings (SSSR count). The van der Waals surface area contributed by atoms with Crippen molar-refractivity contribution in [3.63, 3.8) is 0 Å². The van der Waals surface area contributed by atoms with Crippen molar-refractivity contribution in [3.8, 4) is 5.75 Å². The zero-order valence-corrected chi connectivity index (χ0v) is 16.5. The number of ether oxygens (including phenoxy) is 1. The van der Waals surface area contributed by atoms with Crippen LogP contribution in [0.4, 0.5) is 5.69 Å². The summed E-state index contributed by atoms with van der Waals surface area (Å²) in [5, 5.41) is 2.16. The topological polar surface area (TPSA) is 32.8 Å². The van der Waals surface area contributed by atoms with Crippen molar-refractivity contribution >= 4 is 22.4 Å². The summed E-state index contributed by atoms with van der Waals surface area (Å²) in [6, 6.07) is 20.4. The fourth-order valence-corrected chi connectivity index (χ4v) is 3.83. The SMILES string of the molecule is Cc1cccc(N2CCN(C(=O)COc3cccc4ccccc34)CC2)c1C. The van der Waals surface area contributed by atoms with E-state index in [1.54, 1.807) is 0 Å². The molecule has 0 aliphatic carbocycles. The van der Waals surface area contributed by atoms with Crippen LogP contribution in [-0.4, -0.2) is 43.6 Å². The number of anilines is 1. The third kappa shape index (κ3) is 3.68. The highest BCUT2D eigenvalue weighted by Crippen LogP contribution is 2.26. The fourth-order valence-electron chi connectivity index (χ4n) is 3.83. The number of hydrogen-bond acceptors (Lipinski definition) is 3. The minimum Gasteiger partial charge on any atom is -0.483 e. The van der Waals surface area contributed by atoms with Gasteiger partial charge in [0.15, 0.2) is 6.61 Å². The molecule has 0 spiro atoms. The van der Waals surface area contributed by atoms with E-state index in [1.807, 2.05) is 35.2 Å². The molecule has 1 heterocycles. The van der Waals surface area contributed by atoms with Crippen molar-refractivity contribution in [1.82, 2.24) is 4.90 Å². The second kappa shape index (κ2) is 7.93. The highest BCUT2D eigenvalue weighted by atomic mass is 16.5. The van der Waals surface area contributed by atoms with E-state index in [4.69, 9.17) is 4.74 Å². The molecule has 0 bridgehead atoms. The lowest BCUT2D eigenvalue weighted by molar-refractivity contribution is -0.133. The van der Waals surface area contributed by atoms with Crippen molar-refractivity contribution < 1.29 is 9.53 Å². The predicted molar refractivity (Wildman–Crippen MR) is 114 cm³/mol. The number of amides is 1. The molecule has 1 aliphatic heterocycles. The lowest BCUT2D eigenvalue weighted by Gasteiger charge is -2.37. The molecule has 0 N–H and O–H groups in total. The maximum atomic E-state index is 12.7. The Balaban J connectivity index is 1.36. The van der Waals surface area contributed by atoms with E-state index in [1.165, 1.54) is 16.8 Å². The monoisotopic (exact) mass is 374 g/mol. The van der Waals surface area contributed by atoms with E-state index >= 15 is 0 Å². The molecule has 144 valence electrons. The van der Waals surface area contributed by atoms with Crippen molar-refractivity contribution in [3.05, 3.63) is 71.8 Å². The van der Waals surface area contributed by atoms with Gasteiger partial charge in [-0.2, -0.15) is 0 Å². The van der Waals surface area contributed by atoms with Crippen LogP contribution in [0.1, 0.15) is 11.1 Å². The molecule has 4 nitrogen and oxygen atoms in total. The van der Waals surface area contributed by atoms with Gasteiger partial charge in [-0.05, 0) is 42.5 Å². The second-order valence-electron chi connectivity index (χ2n) is 7.35. The Labute approximate surface area is 166 Å². The van der Waals surface area contributed by atoms with Crippen molar-refractivity contribution in [2.24, 2.45) is 0 Å². The summed E-state index contributed by atoms with van der Waals surface area (Å²) >= 11 is 0. The number of aryl methyl sites for hydroxylation is 1. The largest absolute Gasteiger partial charge is 0.483 e. The number of hydrogen-bond donors (Lipinski definition) is 0. The Morgan fingerprint density at radius 2 is 1.61 bits per heavy atom. The summed E-state index contributed by atoms with van der Waals surface area (Å²) in [7, 11) is 0. The Kier molecular flexibility index (Phi) is 5.20. The van der Waals surface area contributed by atoms with Crippen LogP contribution in [0.2, 0.25) is 0 Å². The first kappa shape index (κ1) is 18.4. The summed E-state index contributed by atoms with van der Waals surface area (Å²) in [6.07, 6.45) is 0. The first-order chi connectivity index (χ1) is 13.6. The predicted octanol–water partition coefficient (Wildman–Crippen LogP) is 4.18. The standard InChI is InChI=1S/C24H26N2O2/c1-18-7-5-11-22(19(18)2)25-13-15-26(16-14-25)24(27)17-28-23-12-6-9-20-8-3-4-10-21(20)23/h3-12H,13-17H2,1-2H3. The lowest BCUT2D eigenvalue weighted by Crippen LogP contribution is -2.50. The number of carbonyl (C=O) groups excluding carboxylic acids is 1. The molecule has 0 saturated carbocycles. The molecule has 0 aromatic heterocycles. The summed E-state index contributed by atoms with van der Waals surface area (Å²) < 4.78 is 5.88. The van der Waals surface area contributed by atoms with E-state index in [-0.39, 0.29) is 12.5 Å². The van der Waals surface area contributed by atoms with Crippen LogP contribution in [0.15, 0.2) is 60.7 Å². The van der Waals surface area contributed by atoms with Gasteiger partial charge in [0.1, 0.15) is 5.75 Å². The van der Waals surface area contributed by atoms with Crippen LogP contribution in [0, 0.1) is 13.8 Å². The maximum Gasteiger partial charge on any atom is 0.260 e. The van der Waals surface area contributed by atoms with Gasteiger partial charge in [-0.15, -0.1) is 0 Å². The quantitative estimate of drug-likeness (QED) is 0.687. The zero-order valence-electron chi connectivity index (χ0n) is 16.5. The van der Waals surface area contributed by atoms with Crippen molar-refractivity contribution in [1.29, 1.82) is 0 Å². The van der Waals surface area contributed by atoms with Crippen LogP contribution in [0.25, 0.3) is 10.8 Å². The highest BCUT2D eigenvalue weighted by molar-refractivity contribution is 5.88.